The maximum absolute atomic E-state index is 11.8. The Bertz CT molecular complexity index is 608. The standard InChI is InChI=1S/C12H10Cl2N2O/c1-8-4-2-3-5-9(8)6-16-7-15-11(14)10(13)12(16)17/h2-5,7H,6H2,1H3. The van der Waals surface area contributed by atoms with E-state index in [-0.39, 0.29) is 15.7 Å². The summed E-state index contributed by atoms with van der Waals surface area (Å²) in [4.78, 5) is 15.7. The van der Waals surface area contributed by atoms with Crippen molar-refractivity contribution in [2.45, 2.75) is 13.5 Å². The Kier molecular flexibility index (Phi) is 3.50. The Hall–Kier alpha value is -1.32. The third-order valence-corrected chi connectivity index (χ3v) is 3.27. The van der Waals surface area contributed by atoms with Crippen molar-refractivity contribution in [3.8, 4) is 0 Å². The van der Waals surface area contributed by atoms with Gasteiger partial charge in [-0.05, 0) is 18.1 Å². The lowest BCUT2D eigenvalue weighted by molar-refractivity contribution is 0.733. The maximum Gasteiger partial charge on any atom is 0.273 e. The predicted octanol–water partition coefficient (Wildman–Crippen LogP) is 2.91. The van der Waals surface area contributed by atoms with Gasteiger partial charge >= 0.3 is 0 Å². The van der Waals surface area contributed by atoms with Crippen molar-refractivity contribution in [3.63, 3.8) is 0 Å². The highest BCUT2D eigenvalue weighted by Crippen LogP contribution is 2.14. The van der Waals surface area contributed by atoms with Crippen LogP contribution in [0.15, 0.2) is 35.4 Å². The van der Waals surface area contributed by atoms with E-state index >= 15 is 0 Å². The summed E-state index contributed by atoms with van der Waals surface area (Å²) in [5, 5.41) is 0.000418. The number of halogens is 2. The first-order valence-corrected chi connectivity index (χ1v) is 5.80. The molecule has 1 aromatic heterocycles. The van der Waals surface area contributed by atoms with Gasteiger partial charge in [0.1, 0.15) is 5.02 Å². The number of aryl methyl sites for hydroxylation is 1. The summed E-state index contributed by atoms with van der Waals surface area (Å²) < 4.78 is 1.44. The zero-order valence-corrected chi connectivity index (χ0v) is 10.7. The first kappa shape index (κ1) is 12.1. The monoisotopic (exact) mass is 268 g/mol. The summed E-state index contributed by atoms with van der Waals surface area (Å²) in [5.74, 6) is 0. The molecule has 0 spiro atoms. The van der Waals surface area contributed by atoms with Crippen LogP contribution in [0.25, 0.3) is 0 Å². The number of benzene rings is 1. The lowest BCUT2D eigenvalue weighted by Crippen LogP contribution is -2.22. The van der Waals surface area contributed by atoms with Crippen LogP contribution in [0.4, 0.5) is 0 Å². The van der Waals surface area contributed by atoms with Crippen LogP contribution < -0.4 is 5.56 Å². The average molecular weight is 269 g/mol. The van der Waals surface area contributed by atoms with Gasteiger partial charge in [-0.25, -0.2) is 4.98 Å². The average Bonchev–Trinajstić information content (AvgIpc) is 2.32. The minimum Gasteiger partial charge on any atom is -0.293 e. The van der Waals surface area contributed by atoms with Gasteiger partial charge in [0.25, 0.3) is 5.56 Å². The maximum atomic E-state index is 11.8. The molecular formula is C12H10Cl2N2O. The zero-order chi connectivity index (χ0) is 12.4. The molecule has 5 heteroatoms. The highest BCUT2D eigenvalue weighted by Gasteiger charge is 2.08. The van der Waals surface area contributed by atoms with Gasteiger partial charge in [-0.2, -0.15) is 0 Å². The van der Waals surface area contributed by atoms with Crippen LogP contribution in [-0.4, -0.2) is 9.55 Å². The largest absolute Gasteiger partial charge is 0.293 e. The van der Waals surface area contributed by atoms with Crippen molar-refractivity contribution in [3.05, 3.63) is 62.2 Å². The molecule has 0 saturated carbocycles. The molecule has 0 aliphatic rings. The third-order valence-electron chi connectivity index (χ3n) is 2.54. The van der Waals surface area contributed by atoms with Crippen molar-refractivity contribution < 1.29 is 0 Å². The van der Waals surface area contributed by atoms with Gasteiger partial charge in [0.05, 0.1) is 12.9 Å². The van der Waals surface area contributed by atoms with Crippen LogP contribution in [0.3, 0.4) is 0 Å². The van der Waals surface area contributed by atoms with Gasteiger partial charge in [-0.15, -0.1) is 0 Å². The van der Waals surface area contributed by atoms with Gasteiger partial charge in [0, 0.05) is 0 Å². The Labute approximate surface area is 109 Å². The number of hydrogen-bond donors (Lipinski definition) is 0. The first-order valence-electron chi connectivity index (χ1n) is 5.04. The Balaban J connectivity index is 2.41. The smallest absolute Gasteiger partial charge is 0.273 e. The summed E-state index contributed by atoms with van der Waals surface area (Å²) in [6.45, 7) is 2.43. The minimum absolute atomic E-state index is 0.0391. The van der Waals surface area contributed by atoms with Crippen LogP contribution in [0.5, 0.6) is 0 Å². The molecule has 0 N–H and O–H groups in total. The molecule has 0 fully saturated rings. The molecule has 0 unspecified atom stereocenters. The summed E-state index contributed by atoms with van der Waals surface area (Å²) in [7, 11) is 0. The second kappa shape index (κ2) is 4.90. The Morgan fingerprint density at radius 3 is 2.71 bits per heavy atom. The summed E-state index contributed by atoms with van der Waals surface area (Å²) in [6, 6.07) is 7.84. The molecule has 1 heterocycles. The molecule has 0 aliphatic heterocycles. The van der Waals surface area contributed by atoms with Crippen LogP contribution in [0.2, 0.25) is 10.2 Å². The van der Waals surface area contributed by atoms with Crippen molar-refractivity contribution >= 4 is 23.2 Å². The molecule has 0 amide bonds. The molecular weight excluding hydrogens is 259 g/mol. The van der Waals surface area contributed by atoms with Gasteiger partial charge < -0.3 is 0 Å². The number of rotatable bonds is 2. The van der Waals surface area contributed by atoms with Crippen molar-refractivity contribution in [1.29, 1.82) is 0 Å². The fourth-order valence-electron chi connectivity index (χ4n) is 1.53. The third kappa shape index (κ3) is 2.51. The summed E-state index contributed by atoms with van der Waals surface area (Å²) in [5.41, 5.74) is 1.84. The van der Waals surface area contributed by atoms with E-state index in [1.54, 1.807) is 0 Å². The van der Waals surface area contributed by atoms with E-state index < -0.39 is 0 Å². The molecule has 0 bridgehead atoms. The summed E-state index contributed by atoms with van der Waals surface area (Å²) >= 11 is 11.4. The fourth-order valence-corrected chi connectivity index (χ4v) is 1.81. The molecule has 0 atom stereocenters. The van der Waals surface area contributed by atoms with Gasteiger partial charge in [0.2, 0.25) is 0 Å². The quantitative estimate of drug-likeness (QED) is 0.786. The van der Waals surface area contributed by atoms with Gasteiger partial charge in [-0.3, -0.25) is 9.36 Å². The second-order valence-corrected chi connectivity index (χ2v) is 4.44. The van der Waals surface area contributed by atoms with E-state index in [0.29, 0.717) is 6.54 Å². The summed E-state index contributed by atoms with van der Waals surface area (Å²) in [6.07, 6.45) is 1.41. The minimum atomic E-state index is -0.324. The SMILES string of the molecule is Cc1ccccc1Cn1cnc(Cl)c(Cl)c1=O. The van der Waals surface area contributed by atoms with Crippen molar-refractivity contribution in [2.75, 3.05) is 0 Å². The lowest BCUT2D eigenvalue weighted by atomic mass is 10.1. The lowest BCUT2D eigenvalue weighted by Gasteiger charge is -2.08. The normalized spacial score (nSPS) is 10.5. The Morgan fingerprint density at radius 2 is 2.00 bits per heavy atom. The van der Waals surface area contributed by atoms with E-state index in [4.69, 9.17) is 23.2 Å². The zero-order valence-electron chi connectivity index (χ0n) is 9.15. The molecule has 3 nitrogen and oxygen atoms in total. The van der Waals surface area contributed by atoms with E-state index in [9.17, 15) is 4.79 Å². The fraction of sp³-hybridized carbons (Fsp3) is 0.167. The Morgan fingerprint density at radius 1 is 1.29 bits per heavy atom. The first-order chi connectivity index (χ1) is 8.09. The molecule has 2 rings (SSSR count). The van der Waals surface area contributed by atoms with Crippen molar-refractivity contribution in [1.82, 2.24) is 9.55 Å². The molecule has 1 aromatic carbocycles. The van der Waals surface area contributed by atoms with Crippen LogP contribution >= 0.6 is 23.2 Å². The van der Waals surface area contributed by atoms with E-state index in [1.165, 1.54) is 10.9 Å². The van der Waals surface area contributed by atoms with Gasteiger partial charge in [-0.1, -0.05) is 47.5 Å². The van der Waals surface area contributed by atoms with E-state index in [2.05, 4.69) is 4.98 Å². The highest BCUT2D eigenvalue weighted by molar-refractivity contribution is 6.40. The van der Waals surface area contributed by atoms with Crippen LogP contribution in [0.1, 0.15) is 11.1 Å². The highest BCUT2D eigenvalue weighted by atomic mass is 35.5. The topological polar surface area (TPSA) is 34.9 Å². The molecule has 88 valence electrons. The van der Waals surface area contributed by atoms with Crippen LogP contribution in [0, 0.1) is 6.92 Å². The molecule has 0 saturated heterocycles. The predicted molar refractivity (Wildman–Crippen MR) is 68.8 cm³/mol. The molecule has 2 aromatic rings. The molecule has 17 heavy (non-hydrogen) atoms. The number of hydrogen-bond acceptors (Lipinski definition) is 2. The van der Waals surface area contributed by atoms with Crippen molar-refractivity contribution in [2.24, 2.45) is 0 Å². The molecule has 0 aliphatic carbocycles. The van der Waals surface area contributed by atoms with Crippen LogP contribution in [-0.2, 0) is 6.54 Å². The number of nitrogens with zero attached hydrogens (tertiary/aromatic N) is 2. The number of aromatic nitrogens is 2. The second-order valence-electron chi connectivity index (χ2n) is 3.71. The van der Waals surface area contributed by atoms with E-state index in [0.717, 1.165) is 11.1 Å². The van der Waals surface area contributed by atoms with Gasteiger partial charge in [0.15, 0.2) is 5.15 Å². The van der Waals surface area contributed by atoms with E-state index in [1.807, 2.05) is 31.2 Å². The molecule has 0 radical (unpaired) electrons.